The number of carbonyl (C=O) groups is 2. The van der Waals surface area contributed by atoms with E-state index in [2.05, 4.69) is 15.5 Å². The van der Waals surface area contributed by atoms with Gasteiger partial charge in [0.25, 0.3) is 0 Å². The first-order valence-corrected chi connectivity index (χ1v) is 8.99. The third kappa shape index (κ3) is 5.57. The quantitative estimate of drug-likeness (QED) is 0.648. The summed E-state index contributed by atoms with van der Waals surface area (Å²) in [5, 5.41) is 5.48. The van der Waals surface area contributed by atoms with Crippen molar-refractivity contribution in [2.24, 2.45) is 11.7 Å². The highest BCUT2D eigenvalue weighted by Crippen LogP contribution is 2.26. The van der Waals surface area contributed by atoms with Gasteiger partial charge in [-0.1, -0.05) is 13.8 Å². The van der Waals surface area contributed by atoms with Gasteiger partial charge in [0, 0.05) is 6.54 Å². The van der Waals surface area contributed by atoms with Crippen LogP contribution < -0.4 is 16.4 Å². The fraction of sp³-hybridized carbons (Fsp3) is 0.667. The molecule has 7 heteroatoms. The van der Waals surface area contributed by atoms with E-state index in [4.69, 9.17) is 10.2 Å². The highest BCUT2D eigenvalue weighted by molar-refractivity contribution is 5.87. The molecule has 1 unspecified atom stereocenters. The second kappa shape index (κ2) is 9.01. The van der Waals surface area contributed by atoms with Crippen molar-refractivity contribution < 1.29 is 14.0 Å². The van der Waals surface area contributed by atoms with Gasteiger partial charge in [-0.05, 0) is 50.9 Å². The highest BCUT2D eigenvalue weighted by Gasteiger charge is 2.26. The third-order valence-electron chi connectivity index (χ3n) is 4.61. The number of likely N-dealkylation sites (tertiary alicyclic amines) is 1. The van der Waals surface area contributed by atoms with Gasteiger partial charge in [-0.15, -0.1) is 0 Å². The minimum atomic E-state index is -0.601. The van der Waals surface area contributed by atoms with Crippen molar-refractivity contribution in [1.29, 1.82) is 0 Å². The molecular weight excluding hydrogens is 320 g/mol. The van der Waals surface area contributed by atoms with E-state index < -0.39 is 6.04 Å². The van der Waals surface area contributed by atoms with Crippen LogP contribution in [-0.2, 0) is 9.59 Å². The molecule has 0 aliphatic carbocycles. The van der Waals surface area contributed by atoms with Crippen LogP contribution in [0.15, 0.2) is 16.5 Å². The number of rotatable bonds is 8. The lowest BCUT2D eigenvalue weighted by Crippen LogP contribution is -2.48. The Hall–Kier alpha value is -1.86. The lowest BCUT2D eigenvalue weighted by molar-refractivity contribution is -0.127. The second-order valence-corrected chi connectivity index (χ2v) is 7.00. The van der Waals surface area contributed by atoms with E-state index in [1.807, 2.05) is 32.9 Å². The van der Waals surface area contributed by atoms with Gasteiger partial charge in [0.05, 0.1) is 18.6 Å². The Morgan fingerprint density at radius 2 is 1.92 bits per heavy atom. The van der Waals surface area contributed by atoms with Crippen molar-refractivity contribution in [3.63, 3.8) is 0 Å². The van der Waals surface area contributed by atoms with Gasteiger partial charge < -0.3 is 20.8 Å². The molecule has 0 spiro atoms. The van der Waals surface area contributed by atoms with Gasteiger partial charge in [-0.2, -0.15) is 0 Å². The standard InChI is InChI=1S/C18H30N4O3/c1-12(2)17(19)18(24)21-11-16(23)20-10-14(22-8-4-5-9-22)15-7-6-13(3)25-15/h6-7,12,14,17H,4-5,8-11,19H2,1-3H3,(H,20,23)(H,21,24)/t14?,17-/m0/s1. The Labute approximate surface area is 149 Å². The molecule has 0 aromatic carbocycles. The number of hydrogen-bond donors (Lipinski definition) is 3. The highest BCUT2D eigenvalue weighted by atomic mass is 16.3. The molecule has 1 aromatic heterocycles. The first kappa shape index (κ1) is 19.5. The van der Waals surface area contributed by atoms with Crippen LogP contribution in [0.3, 0.4) is 0 Å². The van der Waals surface area contributed by atoms with E-state index in [1.54, 1.807) is 0 Å². The summed E-state index contributed by atoms with van der Waals surface area (Å²) < 4.78 is 5.77. The van der Waals surface area contributed by atoms with Crippen LogP contribution in [0.4, 0.5) is 0 Å². The van der Waals surface area contributed by atoms with Crippen molar-refractivity contribution in [1.82, 2.24) is 15.5 Å². The first-order valence-electron chi connectivity index (χ1n) is 8.99. The summed E-state index contributed by atoms with van der Waals surface area (Å²) in [7, 11) is 0. The predicted octanol–water partition coefficient (Wildman–Crippen LogP) is 0.941. The zero-order valence-electron chi connectivity index (χ0n) is 15.4. The molecule has 2 heterocycles. The summed E-state index contributed by atoms with van der Waals surface area (Å²) in [6, 6.07) is 3.33. The molecular formula is C18H30N4O3. The van der Waals surface area contributed by atoms with Crippen LogP contribution in [0.2, 0.25) is 0 Å². The summed E-state index contributed by atoms with van der Waals surface area (Å²) in [6.45, 7) is 8.05. The molecule has 7 nitrogen and oxygen atoms in total. The molecule has 0 radical (unpaired) electrons. The van der Waals surface area contributed by atoms with Crippen LogP contribution in [0.1, 0.15) is 44.3 Å². The molecule has 1 fully saturated rings. The third-order valence-corrected chi connectivity index (χ3v) is 4.61. The number of nitrogens with one attached hydrogen (secondary N) is 2. The monoisotopic (exact) mass is 350 g/mol. The van der Waals surface area contributed by atoms with E-state index in [1.165, 1.54) is 0 Å². The van der Waals surface area contributed by atoms with E-state index in [-0.39, 0.29) is 30.3 Å². The maximum Gasteiger partial charge on any atom is 0.239 e. The predicted molar refractivity (Wildman–Crippen MR) is 95.8 cm³/mol. The van der Waals surface area contributed by atoms with E-state index >= 15 is 0 Å². The fourth-order valence-corrected chi connectivity index (χ4v) is 2.96. The zero-order valence-corrected chi connectivity index (χ0v) is 15.4. The van der Waals surface area contributed by atoms with Gasteiger partial charge in [-0.25, -0.2) is 0 Å². The zero-order chi connectivity index (χ0) is 18.4. The molecule has 1 aromatic rings. The molecule has 1 saturated heterocycles. The average molecular weight is 350 g/mol. The molecule has 2 amide bonds. The van der Waals surface area contributed by atoms with Gasteiger partial charge in [0.2, 0.25) is 11.8 Å². The Balaban J connectivity index is 1.85. The Kier molecular flexibility index (Phi) is 7.01. The van der Waals surface area contributed by atoms with Crippen LogP contribution in [0.5, 0.6) is 0 Å². The van der Waals surface area contributed by atoms with Gasteiger partial charge in [0.1, 0.15) is 11.5 Å². The molecule has 1 aliphatic rings. The summed E-state index contributed by atoms with van der Waals surface area (Å²) in [5.74, 6) is 1.23. The van der Waals surface area contributed by atoms with Crippen molar-refractivity contribution in [2.75, 3.05) is 26.2 Å². The molecule has 1 aliphatic heterocycles. The number of nitrogens with zero attached hydrogens (tertiary/aromatic N) is 1. The lowest BCUT2D eigenvalue weighted by atomic mass is 10.1. The lowest BCUT2D eigenvalue weighted by Gasteiger charge is -2.26. The maximum absolute atomic E-state index is 12.1. The first-order chi connectivity index (χ1) is 11.9. The van der Waals surface area contributed by atoms with Gasteiger partial charge in [-0.3, -0.25) is 14.5 Å². The molecule has 0 bridgehead atoms. The SMILES string of the molecule is Cc1ccc(C(CNC(=O)CNC(=O)[C@@H](N)C(C)C)N2CCCC2)o1. The molecule has 2 atom stereocenters. The second-order valence-electron chi connectivity index (χ2n) is 7.00. The molecule has 0 saturated carbocycles. The fourth-order valence-electron chi connectivity index (χ4n) is 2.96. The minimum Gasteiger partial charge on any atom is -0.465 e. The van der Waals surface area contributed by atoms with Crippen molar-refractivity contribution >= 4 is 11.8 Å². The van der Waals surface area contributed by atoms with Crippen LogP contribution in [0.25, 0.3) is 0 Å². The topological polar surface area (TPSA) is 101 Å². The van der Waals surface area contributed by atoms with Crippen molar-refractivity contribution in [2.45, 2.75) is 45.7 Å². The normalized spacial score (nSPS) is 17.5. The van der Waals surface area contributed by atoms with Gasteiger partial charge in [0.15, 0.2) is 0 Å². The Morgan fingerprint density at radius 3 is 2.48 bits per heavy atom. The van der Waals surface area contributed by atoms with Crippen LogP contribution >= 0.6 is 0 Å². The summed E-state index contributed by atoms with van der Waals surface area (Å²) in [6.07, 6.45) is 2.32. The molecule has 2 rings (SSSR count). The number of carbonyl (C=O) groups excluding carboxylic acids is 2. The van der Waals surface area contributed by atoms with Crippen molar-refractivity contribution in [3.8, 4) is 0 Å². The van der Waals surface area contributed by atoms with Crippen molar-refractivity contribution in [3.05, 3.63) is 23.7 Å². The number of amides is 2. The van der Waals surface area contributed by atoms with Gasteiger partial charge >= 0.3 is 0 Å². The Bertz CT molecular complexity index is 579. The number of nitrogens with two attached hydrogens (primary N) is 1. The number of hydrogen-bond acceptors (Lipinski definition) is 5. The van der Waals surface area contributed by atoms with E-state index in [0.717, 1.165) is 37.5 Å². The minimum absolute atomic E-state index is 0.0220. The summed E-state index contributed by atoms with van der Waals surface area (Å²) in [4.78, 5) is 26.2. The number of furan rings is 1. The van der Waals surface area contributed by atoms with E-state index in [0.29, 0.717) is 6.54 Å². The molecule has 4 N–H and O–H groups in total. The summed E-state index contributed by atoms with van der Waals surface area (Å²) in [5.41, 5.74) is 5.77. The molecule has 25 heavy (non-hydrogen) atoms. The summed E-state index contributed by atoms with van der Waals surface area (Å²) >= 11 is 0. The average Bonchev–Trinajstić information content (AvgIpc) is 3.24. The smallest absolute Gasteiger partial charge is 0.239 e. The molecule has 140 valence electrons. The van der Waals surface area contributed by atoms with E-state index in [9.17, 15) is 9.59 Å². The van der Waals surface area contributed by atoms with Crippen LogP contribution in [-0.4, -0.2) is 48.9 Å². The maximum atomic E-state index is 12.1. The van der Waals surface area contributed by atoms with Crippen LogP contribution in [0, 0.1) is 12.8 Å². The Morgan fingerprint density at radius 1 is 1.24 bits per heavy atom. The number of aryl methyl sites for hydroxylation is 1. The largest absolute Gasteiger partial charge is 0.465 e.